The summed E-state index contributed by atoms with van der Waals surface area (Å²) < 4.78 is 5.64. The lowest BCUT2D eigenvalue weighted by Crippen LogP contribution is -2.40. The van der Waals surface area contributed by atoms with Crippen LogP contribution < -0.4 is 5.32 Å². The van der Waals surface area contributed by atoms with E-state index in [-0.39, 0.29) is 5.91 Å². The Hall–Kier alpha value is -1.29. The Labute approximate surface area is 120 Å². The number of carbonyl (C=O) groups excluding carboxylic acids is 1. The van der Waals surface area contributed by atoms with Crippen molar-refractivity contribution in [1.29, 1.82) is 0 Å². The second-order valence-corrected chi connectivity index (χ2v) is 6.00. The van der Waals surface area contributed by atoms with Crippen molar-refractivity contribution < 1.29 is 9.21 Å². The van der Waals surface area contributed by atoms with Gasteiger partial charge in [0.05, 0.1) is 0 Å². The topological polar surface area (TPSA) is 45.5 Å². The molecule has 0 spiro atoms. The van der Waals surface area contributed by atoms with Gasteiger partial charge in [-0.2, -0.15) is 0 Å². The molecule has 2 aliphatic rings. The second-order valence-electron chi connectivity index (χ2n) is 6.00. The Kier molecular flexibility index (Phi) is 4.10. The van der Waals surface area contributed by atoms with Crippen molar-refractivity contribution in [2.24, 2.45) is 5.92 Å². The first-order valence-corrected chi connectivity index (χ1v) is 7.88. The van der Waals surface area contributed by atoms with Crippen molar-refractivity contribution in [3.63, 3.8) is 0 Å². The number of furan rings is 1. The van der Waals surface area contributed by atoms with Gasteiger partial charge in [-0.3, -0.25) is 4.79 Å². The van der Waals surface area contributed by atoms with E-state index in [0.29, 0.717) is 17.7 Å². The molecule has 1 aromatic rings. The molecule has 1 amide bonds. The summed E-state index contributed by atoms with van der Waals surface area (Å²) in [5, 5.41) is 3.38. The van der Waals surface area contributed by atoms with Crippen molar-refractivity contribution in [3.8, 4) is 0 Å². The van der Waals surface area contributed by atoms with Gasteiger partial charge in [-0.25, -0.2) is 0 Å². The fraction of sp³-hybridized carbons (Fsp3) is 0.688. The van der Waals surface area contributed by atoms with Crippen LogP contribution in [0.5, 0.6) is 0 Å². The van der Waals surface area contributed by atoms with Crippen molar-refractivity contribution in [3.05, 3.63) is 23.7 Å². The lowest BCUT2D eigenvalue weighted by Gasteiger charge is -2.29. The summed E-state index contributed by atoms with van der Waals surface area (Å²) in [6, 6.07) is 4.20. The van der Waals surface area contributed by atoms with Crippen LogP contribution in [0, 0.1) is 5.92 Å². The van der Waals surface area contributed by atoms with Gasteiger partial charge in [-0.1, -0.05) is 6.92 Å². The molecule has 2 fully saturated rings. The molecule has 1 saturated carbocycles. The largest absolute Gasteiger partial charge is 0.456 e. The van der Waals surface area contributed by atoms with Crippen LogP contribution in [0.4, 0.5) is 0 Å². The minimum Gasteiger partial charge on any atom is -0.456 e. The van der Waals surface area contributed by atoms with Crippen LogP contribution in [-0.2, 0) is 6.42 Å². The summed E-state index contributed by atoms with van der Waals surface area (Å²) in [5.41, 5.74) is 0. The molecule has 0 aromatic carbocycles. The number of aryl methyl sites for hydroxylation is 1. The number of hydrogen-bond acceptors (Lipinski definition) is 3. The van der Waals surface area contributed by atoms with Crippen molar-refractivity contribution in [2.75, 3.05) is 19.6 Å². The Balaban J connectivity index is 1.67. The lowest BCUT2D eigenvalue weighted by atomic mass is 9.97. The van der Waals surface area contributed by atoms with Gasteiger partial charge in [-0.15, -0.1) is 0 Å². The summed E-state index contributed by atoms with van der Waals surface area (Å²) in [7, 11) is 0. The van der Waals surface area contributed by atoms with E-state index in [4.69, 9.17) is 4.42 Å². The monoisotopic (exact) mass is 276 g/mol. The Morgan fingerprint density at radius 2 is 2.05 bits per heavy atom. The van der Waals surface area contributed by atoms with Gasteiger partial charge in [0.2, 0.25) is 0 Å². The first-order valence-electron chi connectivity index (χ1n) is 7.88. The molecule has 4 heteroatoms. The molecule has 2 heterocycles. The van der Waals surface area contributed by atoms with Crippen LogP contribution in [-0.4, -0.2) is 36.5 Å². The van der Waals surface area contributed by atoms with Crippen molar-refractivity contribution >= 4 is 5.91 Å². The Morgan fingerprint density at radius 1 is 1.30 bits per heavy atom. The number of rotatable bonds is 5. The molecule has 1 aliphatic heterocycles. The third-order valence-corrected chi connectivity index (χ3v) is 4.38. The molecule has 1 aliphatic carbocycles. The number of piperidine rings is 1. The van der Waals surface area contributed by atoms with E-state index in [2.05, 4.69) is 10.2 Å². The van der Waals surface area contributed by atoms with Gasteiger partial charge >= 0.3 is 0 Å². The highest BCUT2D eigenvalue weighted by molar-refractivity contribution is 5.92. The maximum absolute atomic E-state index is 12.6. The summed E-state index contributed by atoms with van der Waals surface area (Å²) in [6.07, 6.45) is 5.49. The molecule has 0 unspecified atom stereocenters. The zero-order chi connectivity index (χ0) is 13.9. The van der Waals surface area contributed by atoms with Gasteiger partial charge in [0, 0.05) is 19.0 Å². The predicted octanol–water partition coefficient (Wildman–Crippen LogP) is 2.45. The molecule has 1 N–H and O–H groups in total. The Morgan fingerprint density at radius 3 is 2.65 bits per heavy atom. The predicted molar refractivity (Wildman–Crippen MR) is 77.7 cm³/mol. The molecule has 3 rings (SSSR count). The van der Waals surface area contributed by atoms with Gasteiger partial charge in [0.1, 0.15) is 5.76 Å². The SMILES string of the molecule is CCc1ccc(C(=O)N(CC2CCNCC2)C2CC2)o1. The number of nitrogens with one attached hydrogen (secondary N) is 1. The molecule has 0 atom stereocenters. The number of nitrogens with zero attached hydrogens (tertiary/aromatic N) is 1. The summed E-state index contributed by atoms with van der Waals surface area (Å²) in [4.78, 5) is 14.7. The normalized spacial score (nSPS) is 20.1. The molecular weight excluding hydrogens is 252 g/mol. The Bertz CT molecular complexity index is 459. The van der Waals surface area contributed by atoms with E-state index in [1.807, 2.05) is 19.1 Å². The van der Waals surface area contributed by atoms with E-state index >= 15 is 0 Å². The third-order valence-electron chi connectivity index (χ3n) is 4.38. The minimum absolute atomic E-state index is 0.0886. The molecule has 110 valence electrons. The van der Waals surface area contributed by atoms with Crippen LogP contribution in [0.1, 0.15) is 48.9 Å². The van der Waals surface area contributed by atoms with Gasteiger partial charge in [-0.05, 0) is 56.8 Å². The fourth-order valence-electron chi connectivity index (χ4n) is 2.95. The first kappa shape index (κ1) is 13.7. The first-order chi connectivity index (χ1) is 9.78. The second kappa shape index (κ2) is 6.00. The molecule has 0 radical (unpaired) electrons. The zero-order valence-corrected chi connectivity index (χ0v) is 12.2. The molecule has 4 nitrogen and oxygen atoms in total. The van der Waals surface area contributed by atoms with Crippen LogP contribution >= 0.6 is 0 Å². The third kappa shape index (κ3) is 3.06. The van der Waals surface area contributed by atoms with Gasteiger partial charge in [0.25, 0.3) is 5.91 Å². The summed E-state index contributed by atoms with van der Waals surface area (Å²) >= 11 is 0. The average Bonchev–Trinajstić information content (AvgIpc) is 3.21. The molecule has 0 bridgehead atoms. The van der Waals surface area contributed by atoms with Crippen LogP contribution in [0.25, 0.3) is 0 Å². The smallest absolute Gasteiger partial charge is 0.289 e. The van der Waals surface area contributed by atoms with E-state index < -0.39 is 0 Å². The standard InChI is InChI=1S/C16H24N2O2/c1-2-14-5-6-15(20-14)16(19)18(13-3-4-13)11-12-7-9-17-10-8-12/h5-6,12-13,17H,2-4,7-11H2,1H3. The van der Waals surface area contributed by atoms with E-state index in [1.54, 1.807) is 0 Å². The maximum atomic E-state index is 12.6. The van der Waals surface area contributed by atoms with Crippen LogP contribution in [0.2, 0.25) is 0 Å². The molecule has 1 saturated heterocycles. The fourth-order valence-corrected chi connectivity index (χ4v) is 2.95. The molecule has 1 aromatic heterocycles. The van der Waals surface area contributed by atoms with E-state index in [0.717, 1.165) is 44.7 Å². The summed E-state index contributed by atoms with van der Waals surface area (Å²) in [5.74, 6) is 2.14. The quantitative estimate of drug-likeness (QED) is 0.898. The van der Waals surface area contributed by atoms with Crippen molar-refractivity contribution in [1.82, 2.24) is 10.2 Å². The average molecular weight is 276 g/mol. The zero-order valence-electron chi connectivity index (χ0n) is 12.2. The minimum atomic E-state index is 0.0886. The molecule has 20 heavy (non-hydrogen) atoms. The maximum Gasteiger partial charge on any atom is 0.289 e. The highest BCUT2D eigenvalue weighted by atomic mass is 16.4. The lowest BCUT2D eigenvalue weighted by molar-refractivity contribution is 0.0667. The van der Waals surface area contributed by atoms with Gasteiger partial charge in [0.15, 0.2) is 5.76 Å². The highest BCUT2D eigenvalue weighted by Crippen LogP contribution is 2.30. The van der Waals surface area contributed by atoms with E-state index in [1.165, 1.54) is 12.8 Å². The molecular formula is C16H24N2O2. The number of carbonyl (C=O) groups is 1. The van der Waals surface area contributed by atoms with Gasteiger partial charge < -0.3 is 14.6 Å². The highest BCUT2D eigenvalue weighted by Gasteiger charge is 2.35. The van der Waals surface area contributed by atoms with E-state index in [9.17, 15) is 4.79 Å². The summed E-state index contributed by atoms with van der Waals surface area (Å²) in [6.45, 7) is 5.10. The number of hydrogen-bond donors (Lipinski definition) is 1. The van der Waals surface area contributed by atoms with Crippen molar-refractivity contribution in [2.45, 2.75) is 45.1 Å². The van der Waals surface area contributed by atoms with Crippen LogP contribution in [0.15, 0.2) is 16.5 Å². The van der Waals surface area contributed by atoms with Crippen LogP contribution in [0.3, 0.4) is 0 Å². The number of amides is 1.